The number of hydrogen-bond donors (Lipinski definition) is 1. The molecule has 0 saturated carbocycles. The van der Waals surface area contributed by atoms with Gasteiger partial charge in [0.15, 0.2) is 0 Å². The molecule has 2 heterocycles. The minimum absolute atomic E-state index is 0.578. The lowest BCUT2D eigenvalue weighted by molar-refractivity contribution is 0.338. The molecular weight excluding hydrogens is 186 g/mol. The number of hydrogen-bond acceptors (Lipinski definition) is 2. The first kappa shape index (κ1) is 10.7. The highest BCUT2D eigenvalue weighted by Gasteiger charge is 2.18. The number of rotatable bonds is 3. The van der Waals surface area contributed by atoms with E-state index in [1.807, 2.05) is 0 Å². The molecular formula is C12H21N3. The van der Waals surface area contributed by atoms with Crippen molar-refractivity contribution in [2.45, 2.75) is 45.6 Å². The summed E-state index contributed by atoms with van der Waals surface area (Å²) in [6.07, 6.45) is 4.67. The summed E-state index contributed by atoms with van der Waals surface area (Å²) in [4.78, 5) is 0. The summed E-state index contributed by atoms with van der Waals surface area (Å²) < 4.78 is 2.25. The van der Waals surface area contributed by atoms with Crippen molar-refractivity contribution in [3.8, 4) is 0 Å². The Kier molecular flexibility index (Phi) is 3.41. The van der Waals surface area contributed by atoms with Crippen molar-refractivity contribution in [2.24, 2.45) is 0 Å². The monoisotopic (exact) mass is 207 g/mol. The van der Waals surface area contributed by atoms with E-state index in [1.165, 1.54) is 30.8 Å². The van der Waals surface area contributed by atoms with E-state index in [-0.39, 0.29) is 0 Å². The van der Waals surface area contributed by atoms with Crippen molar-refractivity contribution >= 4 is 0 Å². The number of aryl methyl sites for hydroxylation is 2. The van der Waals surface area contributed by atoms with Crippen LogP contribution in [0.1, 0.15) is 44.1 Å². The second kappa shape index (κ2) is 4.79. The van der Waals surface area contributed by atoms with E-state index in [0.29, 0.717) is 6.04 Å². The molecule has 1 N–H and O–H groups in total. The second-order valence-electron chi connectivity index (χ2n) is 4.28. The van der Waals surface area contributed by atoms with Gasteiger partial charge in [-0.3, -0.25) is 4.68 Å². The molecule has 0 aromatic carbocycles. The fraction of sp³-hybridized carbons (Fsp3) is 0.750. The molecule has 1 atom stereocenters. The zero-order valence-corrected chi connectivity index (χ0v) is 9.79. The van der Waals surface area contributed by atoms with E-state index in [1.54, 1.807) is 0 Å². The molecule has 3 nitrogen and oxygen atoms in total. The van der Waals surface area contributed by atoms with Gasteiger partial charge in [-0.05, 0) is 38.3 Å². The van der Waals surface area contributed by atoms with Crippen molar-refractivity contribution in [3.63, 3.8) is 0 Å². The van der Waals surface area contributed by atoms with Crippen molar-refractivity contribution in [1.82, 2.24) is 15.1 Å². The van der Waals surface area contributed by atoms with Gasteiger partial charge in [0.05, 0.1) is 11.7 Å². The molecule has 3 heteroatoms. The Bertz CT molecular complexity index is 311. The van der Waals surface area contributed by atoms with Gasteiger partial charge >= 0.3 is 0 Å². The standard InChI is InChI=1S/C12H21N3/c1-3-10-8-11(4-2)15(14-10)12-6-5-7-13-9-12/h8,12-13H,3-7,9H2,1-2H3/t12-/m0/s1. The second-order valence-corrected chi connectivity index (χ2v) is 4.28. The van der Waals surface area contributed by atoms with E-state index in [0.717, 1.165) is 19.4 Å². The zero-order chi connectivity index (χ0) is 10.7. The van der Waals surface area contributed by atoms with Gasteiger partial charge in [-0.15, -0.1) is 0 Å². The van der Waals surface area contributed by atoms with Crippen LogP contribution in [0, 0.1) is 0 Å². The van der Waals surface area contributed by atoms with E-state index in [2.05, 4.69) is 29.9 Å². The summed E-state index contributed by atoms with van der Waals surface area (Å²) in [6, 6.07) is 2.84. The Labute approximate surface area is 91.9 Å². The van der Waals surface area contributed by atoms with Crippen molar-refractivity contribution in [2.75, 3.05) is 13.1 Å². The van der Waals surface area contributed by atoms with Crippen molar-refractivity contribution in [3.05, 3.63) is 17.5 Å². The molecule has 1 fully saturated rings. The maximum Gasteiger partial charge on any atom is 0.0647 e. The van der Waals surface area contributed by atoms with E-state index >= 15 is 0 Å². The summed E-state index contributed by atoms with van der Waals surface area (Å²) in [6.45, 7) is 6.63. The fourth-order valence-corrected chi connectivity index (χ4v) is 2.29. The Morgan fingerprint density at radius 1 is 1.47 bits per heavy atom. The molecule has 0 bridgehead atoms. The minimum atomic E-state index is 0.578. The van der Waals surface area contributed by atoms with Gasteiger partial charge in [0, 0.05) is 12.2 Å². The minimum Gasteiger partial charge on any atom is -0.315 e. The van der Waals surface area contributed by atoms with Crippen LogP contribution in [0.5, 0.6) is 0 Å². The Balaban J connectivity index is 2.20. The Morgan fingerprint density at radius 3 is 2.93 bits per heavy atom. The maximum atomic E-state index is 4.70. The number of nitrogens with zero attached hydrogens (tertiary/aromatic N) is 2. The summed E-state index contributed by atoms with van der Waals surface area (Å²) in [7, 11) is 0. The van der Waals surface area contributed by atoms with Crippen molar-refractivity contribution in [1.29, 1.82) is 0 Å². The molecule has 0 unspecified atom stereocenters. The first-order valence-corrected chi connectivity index (χ1v) is 6.13. The third-order valence-corrected chi connectivity index (χ3v) is 3.20. The Morgan fingerprint density at radius 2 is 2.33 bits per heavy atom. The molecule has 1 saturated heterocycles. The van der Waals surface area contributed by atoms with Gasteiger partial charge in [-0.1, -0.05) is 13.8 Å². The van der Waals surface area contributed by atoms with Crippen LogP contribution < -0.4 is 5.32 Å². The van der Waals surface area contributed by atoms with Gasteiger partial charge in [0.1, 0.15) is 0 Å². The zero-order valence-electron chi connectivity index (χ0n) is 9.79. The highest BCUT2D eigenvalue weighted by atomic mass is 15.3. The number of aromatic nitrogens is 2. The maximum absolute atomic E-state index is 4.70. The van der Waals surface area contributed by atoms with Crippen LogP contribution in [0.2, 0.25) is 0 Å². The molecule has 1 aliphatic rings. The number of piperidine rings is 1. The highest BCUT2D eigenvalue weighted by Crippen LogP contribution is 2.19. The van der Waals surface area contributed by atoms with Crippen LogP contribution in [0.15, 0.2) is 6.07 Å². The highest BCUT2D eigenvalue weighted by molar-refractivity contribution is 5.11. The van der Waals surface area contributed by atoms with Crippen LogP contribution in [0.3, 0.4) is 0 Å². The normalized spacial score (nSPS) is 21.9. The fourth-order valence-electron chi connectivity index (χ4n) is 2.29. The van der Waals surface area contributed by atoms with Crippen LogP contribution in [0.4, 0.5) is 0 Å². The summed E-state index contributed by atoms with van der Waals surface area (Å²) in [5, 5.41) is 8.15. The van der Waals surface area contributed by atoms with E-state index < -0.39 is 0 Å². The third kappa shape index (κ3) is 2.23. The average molecular weight is 207 g/mol. The van der Waals surface area contributed by atoms with Crippen LogP contribution in [-0.4, -0.2) is 22.9 Å². The van der Waals surface area contributed by atoms with Gasteiger partial charge < -0.3 is 5.32 Å². The lowest BCUT2D eigenvalue weighted by Gasteiger charge is -2.24. The summed E-state index contributed by atoms with van der Waals surface area (Å²) >= 11 is 0. The van der Waals surface area contributed by atoms with E-state index in [9.17, 15) is 0 Å². The van der Waals surface area contributed by atoms with Gasteiger partial charge in [0.2, 0.25) is 0 Å². The number of nitrogens with one attached hydrogen (secondary N) is 1. The molecule has 2 rings (SSSR count). The van der Waals surface area contributed by atoms with Crippen LogP contribution in [-0.2, 0) is 12.8 Å². The summed E-state index contributed by atoms with van der Waals surface area (Å²) in [5.41, 5.74) is 2.62. The molecule has 84 valence electrons. The molecule has 0 spiro atoms. The summed E-state index contributed by atoms with van der Waals surface area (Å²) in [5.74, 6) is 0. The molecule has 0 aliphatic carbocycles. The smallest absolute Gasteiger partial charge is 0.0647 e. The van der Waals surface area contributed by atoms with Gasteiger partial charge in [0.25, 0.3) is 0 Å². The molecule has 15 heavy (non-hydrogen) atoms. The molecule has 1 aliphatic heterocycles. The van der Waals surface area contributed by atoms with Gasteiger partial charge in [-0.25, -0.2) is 0 Å². The van der Waals surface area contributed by atoms with E-state index in [4.69, 9.17) is 5.10 Å². The molecule has 1 aromatic heterocycles. The molecule has 0 amide bonds. The predicted molar refractivity (Wildman–Crippen MR) is 62.1 cm³/mol. The third-order valence-electron chi connectivity index (χ3n) is 3.20. The molecule has 0 radical (unpaired) electrons. The lowest BCUT2D eigenvalue weighted by atomic mass is 10.1. The Hall–Kier alpha value is -0.830. The van der Waals surface area contributed by atoms with Crippen LogP contribution in [0.25, 0.3) is 0 Å². The van der Waals surface area contributed by atoms with Crippen LogP contribution >= 0.6 is 0 Å². The first-order valence-electron chi connectivity index (χ1n) is 6.13. The average Bonchev–Trinajstić information content (AvgIpc) is 2.73. The first-order chi connectivity index (χ1) is 7.35. The lowest BCUT2D eigenvalue weighted by Crippen LogP contribution is -2.32. The predicted octanol–water partition coefficient (Wildman–Crippen LogP) is 1.93. The molecule has 1 aromatic rings. The largest absolute Gasteiger partial charge is 0.315 e. The quantitative estimate of drug-likeness (QED) is 0.821. The van der Waals surface area contributed by atoms with Gasteiger partial charge in [-0.2, -0.15) is 5.10 Å². The van der Waals surface area contributed by atoms with Crippen molar-refractivity contribution < 1.29 is 0 Å². The topological polar surface area (TPSA) is 29.9 Å². The SMILES string of the molecule is CCc1cc(CC)n([C@H]2CCCNC2)n1.